The van der Waals surface area contributed by atoms with E-state index in [1.807, 2.05) is 0 Å². The normalized spacial score (nSPS) is 15.8. The molecule has 13 heavy (non-hydrogen) atoms. The van der Waals surface area contributed by atoms with Gasteiger partial charge in [-0.3, -0.25) is 0 Å². The molecule has 1 aliphatic carbocycles. The fraction of sp³-hybridized carbons (Fsp3) is 0.455. The number of ether oxygens (including phenoxy) is 1. The Kier molecular flexibility index (Phi) is 2.48. The highest BCUT2D eigenvalue weighted by Crippen LogP contribution is 2.32. The molecule has 0 saturated heterocycles. The highest BCUT2D eigenvalue weighted by molar-refractivity contribution is 5.21. The maximum absolute atomic E-state index is 12.5. The van der Waals surface area contributed by atoms with Gasteiger partial charge in [0, 0.05) is 0 Å². The van der Waals surface area contributed by atoms with Crippen LogP contribution in [0, 0.1) is 11.7 Å². The van der Waals surface area contributed by atoms with E-state index >= 15 is 0 Å². The standard InChI is InChI=1S/C11H13FO/c12-10-3-5-11(6-4-10)13-8-7-9-1-2-9/h3-6,9H,1-2,7-8H2. The Morgan fingerprint density at radius 1 is 1.23 bits per heavy atom. The zero-order chi connectivity index (χ0) is 9.10. The van der Waals surface area contributed by atoms with Crippen LogP contribution in [0.1, 0.15) is 19.3 Å². The average molecular weight is 180 g/mol. The van der Waals surface area contributed by atoms with E-state index in [2.05, 4.69) is 0 Å². The molecule has 0 aliphatic heterocycles. The van der Waals surface area contributed by atoms with Gasteiger partial charge in [-0.2, -0.15) is 0 Å². The van der Waals surface area contributed by atoms with Crippen LogP contribution in [-0.4, -0.2) is 6.61 Å². The van der Waals surface area contributed by atoms with Crippen molar-refractivity contribution in [3.8, 4) is 5.75 Å². The molecule has 0 amide bonds. The molecule has 1 aromatic rings. The van der Waals surface area contributed by atoms with E-state index < -0.39 is 0 Å². The van der Waals surface area contributed by atoms with Gasteiger partial charge in [-0.05, 0) is 36.6 Å². The highest BCUT2D eigenvalue weighted by Gasteiger charge is 2.20. The zero-order valence-corrected chi connectivity index (χ0v) is 7.50. The van der Waals surface area contributed by atoms with Gasteiger partial charge < -0.3 is 4.74 Å². The van der Waals surface area contributed by atoms with E-state index in [0.717, 1.165) is 24.7 Å². The number of halogens is 1. The molecule has 0 spiro atoms. The van der Waals surface area contributed by atoms with Crippen molar-refractivity contribution >= 4 is 0 Å². The Labute approximate surface area is 77.5 Å². The van der Waals surface area contributed by atoms with Crippen LogP contribution in [0.3, 0.4) is 0 Å². The maximum Gasteiger partial charge on any atom is 0.123 e. The van der Waals surface area contributed by atoms with Crippen LogP contribution in [0.15, 0.2) is 24.3 Å². The molecule has 1 aliphatic rings. The van der Waals surface area contributed by atoms with E-state index in [9.17, 15) is 4.39 Å². The van der Waals surface area contributed by atoms with Gasteiger partial charge in [0.1, 0.15) is 11.6 Å². The summed E-state index contributed by atoms with van der Waals surface area (Å²) in [4.78, 5) is 0. The lowest BCUT2D eigenvalue weighted by molar-refractivity contribution is 0.302. The van der Waals surface area contributed by atoms with Gasteiger partial charge in [0.25, 0.3) is 0 Å². The smallest absolute Gasteiger partial charge is 0.123 e. The van der Waals surface area contributed by atoms with Crippen LogP contribution in [0.25, 0.3) is 0 Å². The first-order valence-corrected chi connectivity index (χ1v) is 4.73. The molecule has 1 saturated carbocycles. The summed E-state index contributed by atoms with van der Waals surface area (Å²) < 4.78 is 17.9. The second kappa shape index (κ2) is 3.77. The molecule has 0 atom stereocenters. The highest BCUT2D eigenvalue weighted by atomic mass is 19.1. The molecule has 1 nitrogen and oxygen atoms in total. The third-order valence-corrected chi connectivity index (χ3v) is 2.31. The van der Waals surface area contributed by atoms with Gasteiger partial charge in [-0.15, -0.1) is 0 Å². The molecule has 0 N–H and O–H groups in total. The fourth-order valence-corrected chi connectivity index (χ4v) is 1.28. The second-order valence-electron chi connectivity index (χ2n) is 3.53. The predicted octanol–water partition coefficient (Wildman–Crippen LogP) is 3.00. The molecule has 1 aromatic carbocycles. The van der Waals surface area contributed by atoms with E-state index in [4.69, 9.17) is 4.74 Å². The topological polar surface area (TPSA) is 9.23 Å². The monoisotopic (exact) mass is 180 g/mol. The third-order valence-electron chi connectivity index (χ3n) is 2.31. The zero-order valence-electron chi connectivity index (χ0n) is 7.50. The molecule has 0 bridgehead atoms. The van der Waals surface area contributed by atoms with Crippen LogP contribution in [-0.2, 0) is 0 Å². The number of hydrogen-bond donors (Lipinski definition) is 0. The Hall–Kier alpha value is -1.05. The molecular weight excluding hydrogens is 167 g/mol. The van der Waals surface area contributed by atoms with Gasteiger partial charge >= 0.3 is 0 Å². The Morgan fingerprint density at radius 2 is 1.92 bits per heavy atom. The van der Waals surface area contributed by atoms with Crippen molar-refractivity contribution in [3.05, 3.63) is 30.1 Å². The second-order valence-corrected chi connectivity index (χ2v) is 3.53. The molecule has 2 rings (SSSR count). The van der Waals surface area contributed by atoms with E-state index in [1.165, 1.54) is 25.0 Å². The lowest BCUT2D eigenvalue weighted by Gasteiger charge is -2.04. The van der Waals surface area contributed by atoms with Crippen molar-refractivity contribution in [2.75, 3.05) is 6.61 Å². The minimum atomic E-state index is -0.213. The number of benzene rings is 1. The average Bonchev–Trinajstić information content (AvgIpc) is 2.92. The summed E-state index contributed by atoms with van der Waals surface area (Å²) >= 11 is 0. The molecular formula is C11H13FO. The summed E-state index contributed by atoms with van der Waals surface area (Å²) in [7, 11) is 0. The summed E-state index contributed by atoms with van der Waals surface area (Å²) in [6.07, 6.45) is 3.84. The van der Waals surface area contributed by atoms with Crippen LogP contribution < -0.4 is 4.74 Å². The first-order chi connectivity index (χ1) is 6.34. The van der Waals surface area contributed by atoms with E-state index in [0.29, 0.717) is 0 Å². The van der Waals surface area contributed by atoms with Crippen LogP contribution in [0.2, 0.25) is 0 Å². The first kappa shape index (κ1) is 8.54. The summed E-state index contributed by atoms with van der Waals surface area (Å²) in [5, 5.41) is 0. The van der Waals surface area contributed by atoms with Gasteiger partial charge in [0.2, 0.25) is 0 Å². The summed E-state index contributed by atoms with van der Waals surface area (Å²) in [6.45, 7) is 0.760. The molecule has 0 radical (unpaired) electrons. The fourth-order valence-electron chi connectivity index (χ4n) is 1.28. The van der Waals surface area contributed by atoms with Crippen LogP contribution >= 0.6 is 0 Å². The lowest BCUT2D eigenvalue weighted by atomic mass is 10.3. The van der Waals surface area contributed by atoms with Crippen LogP contribution in [0.4, 0.5) is 4.39 Å². The first-order valence-electron chi connectivity index (χ1n) is 4.73. The molecule has 70 valence electrons. The third kappa shape index (κ3) is 2.72. The summed E-state index contributed by atoms with van der Waals surface area (Å²) in [6, 6.07) is 6.18. The van der Waals surface area contributed by atoms with Gasteiger partial charge in [-0.1, -0.05) is 12.8 Å². The largest absolute Gasteiger partial charge is 0.494 e. The minimum Gasteiger partial charge on any atom is -0.494 e. The van der Waals surface area contributed by atoms with E-state index in [1.54, 1.807) is 12.1 Å². The van der Waals surface area contributed by atoms with Gasteiger partial charge in [0.05, 0.1) is 6.61 Å². The summed E-state index contributed by atoms with van der Waals surface area (Å²) in [5.41, 5.74) is 0. The SMILES string of the molecule is Fc1ccc(OCCC2CC2)cc1. The lowest BCUT2D eigenvalue weighted by Crippen LogP contribution is -1.97. The van der Waals surface area contributed by atoms with Crippen molar-refractivity contribution in [3.63, 3.8) is 0 Å². The minimum absolute atomic E-state index is 0.213. The number of hydrogen-bond acceptors (Lipinski definition) is 1. The Balaban J connectivity index is 1.76. The number of rotatable bonds is 4. The van der Waals surface area contributed by atoms with Crippen LogP contribution in [0.5, 0.6) is 5.75 Å². The molecule has 0 aromatic heterocycles. The molecule has 2 heteroatoms. The molecule has 0 unspecified atom stereocenters. The van der Waals surface area contributed by atoms with Crippen molar-refractivity contribution < 1.29 is 9.13 Å². The summed E-state index contributed by atoms with van der Waals surface area (Å²) in [5.74, 6) is 1.44. The molecule has 1 fully saturated rings. The quantitative estimate of drug-likeness (QED) is 0.692. The van der Waals surface area contributed by atoms with Crippen molar-refractivity contribution in [2.45, 2.75) is 19.3 Å². The van der Waals surface area contributed by atoms with Gasteiger partial charge in [0.15, 0.2) is 0 Å². The predicted molar refractivity (Wildman–Crippen MR) is 49.2 cm³/mol. The maximum atomic E-state index is 12.5. The van der Waals surface area contributed by atoms with E-state index in [-0.39, 0.29) is 5.82 Å². The van der Waals surface area contributed by atoms with Gasteiger partial charge in [-0.25, -0.2) is 4.39 Å². The van der Waals surface area contributed by atoms with Crippen molar-refractivity contribution in [2.24, 2.45) is 5.92 Å². The molecule has 0 heterocycles. The van der Waals surface area contributed by atoms with Crippen molar-refractivity contribution in [1.29, 1.82) is 0 Å². The Bertz CT molecular complexity index is 264. The Morgan fingerprint density at radius 3 is 2.54 bits per heavy atom. The van der Waals surface area contributed by atoms with Crippen molar-refractivity contribution in [1.82, 2.24) is 0 Å².